The monoisotopic (exact) mass is 1160 g/mol. The van der Waals surface area contributed by atoms with Gasteiger partial charge in [-0.2, -0.15) is 0 Å². The third-order valence-electron chi connectivity index (χ3n) is 19.8. The molecular weight excluding hydrogens is 1080 g/mol. The molecule has 0 spiro atoms. The molecule has 17 nitrogen and oxygen atoms in total. The van der Waals surface area contributed by atoms with Crippen LogP contribution in [0.15, 0.2) is 42.1 Å². The van der Waals surface area contributed by atoms with E-state index in [2.05, 4.69) is 63.4 Å². The SMILES string of the molecule is C=C1[C@@H](NC(=O)[C@H](C2CCCC2)N(C)C(=O)C2(F)CCN(C(=O)[C@H]3[C@@H](C4CC4)N3C)CC2)Cc2nc(cs2)-c2cc3c(c(-c4cc(N5CCN(C6CC6)CC5)cnc4[C@H](C)OC)n(CC)c3cc2F)CC(C)(C)COC(=O)[C@@H]2CCCN1N2. The third kappa shape index (κ3) is 11.4. The first-order chi connectivity index (χ1) is 39.8. The second-order valence-electron chi connectivity index (χ2n) is 26.1. The number of esters is 1. The lowest BCUT2D eigenvalue weighted by atomic mass is 9.84. The van der Waals surface area contributed by atoms with Crippen LogP contribution in [0, 0.1) is 23.1 Å². The number of alkyl halides is 1. The molecule has 4 aromatic rings. The highest BCUT2D eigenvalue weighted by atomic mass is 32.1. The van der Waals surface area contributed by atoms with Crippen LogP contribution in [0.25, 0.3) is 33.4 Å². The lowest BCUT2D eigenvalue weighted by Gasteiger charge is -2.41. The Morgan fingerprint density at radius 2 is 1.72 bits per heavy atom. The van der Waals surface area contributed by atoms with E-state index in [0.29, 0.717) is 79.1 Å². The van der Waals surface area contributed by atoms with Crippen LogP contribution in [0.4, 0.5) is 14.5 Å². The topological polar surface area (TPSA) is 161 Å². The lowest BCUT2D eigenvalue weighted by molar-refractivity contribution is -0.155. The van der Waals surface area contributed by atoms with Gasteiger partial charge in [0.2, 0.25) is 11.8 Å². The number of carbonyl (C=O) groups excluding carboxylic acids is 4. The number of carbonyl (C=O) groups is 4. The zero-order valence-corrected chi connectivity index (χ0v) is 50.5. The van der Waals surface area contributed by atoms with E-state index in [1.807, 2.05) is 36.6 Å². The summed E-state index contributed by atoms with van der Waals surface area (Å²) in [5.74, 6) is -1.68. The number of hydrogen-bond acceptors (Lipinski definition) is 14. The fourth-order valence-corrected chi connectivity index (χ4v) is 15.4. The Morgan fingerprint density at radius 1 is 0.988 bits per heavy atom. The minimum absolute atomic E-state index is 0.00866. The predicted octanol–water partition coefficient (Wildman–Crippen LogP) is 8.05. The summed E-state index contributed by atoms with van der Waals surface area (Å²) in [6.07, 6.45) is 11.1. The highest BCUT2D eigenvalue weighted by molar-refractivity contribution is 7.10. The number of pyridine rings is 1. The molecule has 448 valence electrons. The fraction of sp³-hybridized carbons (Fsp3) is 0.651. The molecule has 4 saturated heterocycles. The minimum atomic E-state index is -2.25. The number of rotatable bonds is 13. The number of hydrazine groups is 1. The number of aryl methyl sites for hydroxylation is 1. The Bertz CT molecular complexity index is 3140. The van der Waals surface area contributed by atoms with Gasteiger partial charge in [0, 0.05) is 131 Å². The van der Waals surface area contributed by atoms with E-state index in [1.165, 1.54) is 36.1 Å². The molecule has 1 unspecified atom stereocenters. The van der Waals surface area contributed by atoms with E-state index >= 15 is 13.6 Å². The van der Waals surface area contributed by atoms with Gasteiger partial charge in [0.1, 0.15) is 23.9 Å². The molecule has 3 aromatic heterocycles. The zero-order chi connectivity index (χ0) is 58.2. The molecule has 12 rings (SSSR count). The summed E-state index contributed by atoms with van der Waals surface area (Å²) in [5, 5.41) is 8.41. The number of fused-ring (bicyclic) bond motifs is 6. The van der Waals surface area contributed by atoms with Crippen LogP contribution < -0.4 is 15.6 Å². The average Bonchev–Trinajstić information content (AvgIpc) is 2.36. The molecule has 0 radical (unpaired) electrons. The van der Waals surface area contributed by atoms with Crippen LogP contribution >= 0.6 is 11.3 Å². The second-order valence-corrected chi connectivity index (χ2v) is 27.1. The van der Waals surface area contributed by atoms with Crippen LogP contribution in [-0.4, -0.2) is 178 Å². The summed E-state index contributed by atoms with van der Waals surface area (Å²) >= 11 is 1.36. The number of benzene rings is 1. The van der Waals surface area contributed by atoms with E-state index in [9.17, 15) is 14.4 Å². The molecular formula is C63H85F2N11O6S. The maximum atomic E-state index is 17.2. The number of anilines is 1. The number of likely N-dealkylation sites (N-methyl/N-ethyl adjacent to an activating group) is 2. The van der Waals surface area contributed by atoms with Gasteiger partial charge in [-0.15, -0.1) is 11.3 Å². The number of likely N-dealkylation sites (tertiary alicyclic amines) is 1. The smallest absolute Gasteiger partial charge is 0.324 e. The number of piperazine rings is 1. The van der Waals surface area contributed by atoms with Gasteiger partial charge in [0.25, 0.3) is 5.91 Å². The van der Waals surface area contributed by atoms with Crippen molar-refractivity contribution in [3.05, 3.63) is 64.1 Å². The van der Waals surface area contributed by atoms with Crippen molar-refractivity contribution in [3.8, 4) is 22.5 Å². The van der Waals surface area contributed by atoms with Crippen LogP contribution in [0.1, 0.15) is 127 Å². The molecule has 6 bridgehead atoms. The standard InChI is InChI=1S/C63H85F2N11O6S/c1-9-75-51-31-47(64)44-30-43(51)46(56(75)45-29-42(34-66-53(45)38(3)81-8)73-27-25-72(26-28-73)41-18-19-41)33-62(4,5)36-82-60(79)48-15-12-22-76(69-48)37(2)49(32-52-67-50(44)35-83-52)68-58(77)55(39-13-10-11-14-39)71(7)61(80)63(65)20-23-74(24-21-63)59(78)57-54(70(57)6)40-16-17-40/h29-31,34-35,38-41,48-49,54-55,57,69H,2,9-28,32-33,36H2,1,3-8H3,(H,68,77)/t38-,48-,49-,54+,55-,57+,70?/m0/s1. The van der Waals surface area contributed by atoms with E-state index in [-0.39, 0.29) is 69.0 Å². The van der Waals surface area contributed by atoms with Gasteiger partial charge in [-0.1, -0.05) is 33.3 Å². The lowest BCUT2D eigenvalue weighted by Crippen LogP contribution is -2.61. The summed E-state index contributed by atoms with van der Waals surface area (Å²) < 4.78 is 48.9. The summed E-state index contributed by atoms with van der Waals surface area (Å²) in [6, 6.07) is 4.04. The molecule has 5 aliphatic heterocycles. The minimum Gasteiger partial charge on any atom is -0.464 e. The molecule has 1 aromatic carbocycles. The first-order valence-electron chi connectivity index (χ1n) is 30.8. The molecule has 7 fully saturated rings. The number of thiazole rings is 1. The van der Waals surface area contributed by atoms with Crippen molar-refractivity contribution in [1.29, 1.82) is 0 Å². The summed E-state index contributed by atoms with van der Waals surface area (Å²) in [5.41, 5.74) is 7.14. The Hall–Kier alpha value is -5.54. The molecule has 2 N–H and O–H groups in total. The number of piperidine rings is 1. The fourth-order valence-electron chi connectivity index (χ4n) is 14.6. The van der Waals surface area contributed by atoms with Gasteiger partial charge in [-0.25, -0.2) is 19.2 Å². The molecule has 7 atom stereocenters. The van der Waals surface area contributed by atoms with E-state index < -0.39 is 52.8 Å². The zero-order valence-electron chi connectivity index (χ0n) is 49.7. The Balaban J connectivity index is 0.869. The third-order valence-corrected chi connectivity index (χ3v) is 20.7. The van der Waals surface area contributed by atoms with Crippen molar-refractivity contribution in [2.75, 3.05) is 78.5 Å². The summed E-state index contributed by atoms with van der Waals surface area (Å²) in [6.45, 7) is 18.0. The number of cyclic esters (lactones) is 1. The molecule has 20 heteroatoms. The van der Waals surface area contributed by atoms with Gasteiger partial charge in [-0.05, 0) is 114 Å². The van der Waals surface area contributed by atoms with E-state index in [4.69, 9.17) is 19.4 Å². The maximum Gasteiger partial charge on any atom is 0.324 e. The van der Waals surface area contributed by atoms with Crippen LogP contribution in [0.3, 0.4) is 0 Å². The maximum absolute atomic E-state index is 17.2. The Kier molecular flexibility index (Phi) is 16.1. The normalized spacial score (nSPS) is 26.8. The molecule has 8 aliphatic rings. The van der Waals surface area contributed by atoms with Crippen molar-refractivity contribution >= 4 is 51.6 Å². The molecule has 83 heavy (non-hydrogen) atoms. The first-order valence-corrected chi connectivity index (χ1v) is 31.7. The quantitative estimate of drug-likeness (QED) is 0.0979. The van der Waals surface area contributed by atoms with Crippen LogP contribution in [0.2, 0.25) is 0 Å². The first kappa shape index (κ1) is 57.9. The van der Waals surface area contributed by atoms with Gasteiger partial charge in [-0.3, -0.25) is 34.0 Å². The predicted molar refractivity (Wildman–Crippen MR) is 316 cm³/mol. The average molecular weight is 1160 g/mol. The number of nitrogens with one attached hydrogen (secondary N) is 2. The number of methoxy groups -OCH3 is 1. The number of aromatic nitrogens is 3. The molecule has 8 heterocycles. The van der Waals surface area contributed by atoms with Crippen LogP contribution in [0.5, 0.6) is 0 Å². The van der Waals surface area contributed by atoms with Crippen LogP contribution in [-0.2, 0) is 48.0 Å². The van der Waals surface area contributed by atoms with Gasteiger partial charge < -0.3 is 39.1 Å². The molecule has 3 saturated carbocycles. The Morgan fingerprint density at radius 3 is 2.41 bits per heavy atom. The van der Waals surface area contributed by atoms with Gasteiger partial charge >= 0.3 is 5.97 Å². The van der Waals surface area contributed by atoms with Crippen molar-refractivity contribution in [2.24, 2.45) is 17.3 Å². The van der Waals surface area contributed by atoms with E-state index in [1.54, 1.807) is 18.1 Å². The highest BCUT2D eigenvalue weighted by Crippen LogP contribution is 2.48. The molecule has 3 aliphatic carbocycles. The number of halogens is 2. The van der Waals surface area contributed by atoms with E-state index in [0.717, 1.165) is 91.0 Å². The number of ether oxygens (including phenoxy) is 2. The van der Waals surface area contributed by atoms with Gasteiger partial charge in [0.15, 0.2) is 5.67 Å². The largest absolute Gasteiger partial charge is 0.464 e. The Labute approximate surface area is 491 Å². The van der Waals surface area contributed by atoms with Gasteiger partial charge in [0.05, 0.1) is 58.2 Å². The summed E-state index contributed by atoms with van der Waals surface area (Å²) in [4.78, 5) is 78.1. The highest BCUT2D eigenvalue weighted by Gasteiger charge is 2.58. The second kappa shape index (κ2) is 23.0. The number of hydrogen-bond donors (Lipinski definition) is 2. The van der Waals surface area contributed by atoms with Crippen molar-refractivity contribution in [1.82, 2.24) is 49.9 Å². The number of amides is 3. The summed E-state index contributed by atoms with van der Waals surface area (Å²) in [7, 11) is 5.20. The molecule has 3 amide bonds. The van der Waals surface area contributed by atoms with Crippen molar-refractivity contribution in [2.45, 2.75) is 172 Å². The number of nitrogens with zero attached hydrogens (tertiary/aromatic N) is 9. The van der Waals surface area contributed by atoms with Crippen molar-refractivity contribution in [3.63, 3.8) is 0 Å². The van der Waals surface area contributed by atoms with Crippen molar-refractivity contribution < 1.29 is 37.4 Å².